The summed E-state index contributed by atoms with van der Waals surface area (Å²) in [6.45, 7) is -10.2. The summed E-state index contributed by atoms with van der Waals surface area (Å²) >= 11 is 0. The third-order valence-electron chi connectivity index (χ3n) is 2.50. The van der Waals surface area contributed by atoms with Crippen molar-refractivity contribution in [1.82, 2.24) is 14.6 Å². The lowest BCUT2D eigenvalue weighted by Crippen LogP contribution is -2.20. The van der Waals surface area contributed by atoms with Crippen LogP contribution >= 0.6 is 0 Å². The molecular weight excluding hydrogens is 274 g/mol. The van der Waals surface area contributed by atoms with E-state index < -0.39 is 89.8 Å². The Hall–Kier alpha value is -1.37. The van der Waals surface area contributed by atoms with Gasteiger partial charge >= 0.3 is 0 Å². The van der Waals surface area contributed by atoms with Crippen molar-refractivity contribution in [2.45, 2.75) is 12.2 Å². The Kier molecular flexibility index (Phi) is 1.44. The lowest BCUT2D eigenvalue weighted by atomic mass is 10.1. The number of H-pyrrole nitrogens is 1. The van der Waals surface area contributed by atoms with E-state index in [0.29, 0.717) is 4.98 Å². The second-order valence-corrected chi connectivity index (χ2v) is 5.63. The maximum absolute atomic E-state index is 12.4. The molecule has 110 valence electrons. The van der Waals surface area contributed by atoms with Crippen molar-refractivity contribution in [1.29, 1.82) is 0 Å². The number of fused-ring (bicyclic) bond motifs is 1. The smallest absolute Gasteiger partial charge is 0.215 e. The topological polar surface area (TPSA) is 65.2 Å². The van der Waals surface area contributed by atoms with Crippen LogP contribution in [0.5, 0.6) is 0 Å². The van der Waals surface area contributed by atoms with Gasteiger partial charge in [-0.3, -0.25) is 0 Å². The standard InChI is InChI=1S/C14H21N3O2S/c1-15-20(18,19)10-11-4-5-14-13(8-11)12(9-16-14)6-7-17(2)3/h4-5,8-9,15-16H,6-7,10H2,1-3H3/i1D3,2D3,3D3,4D,5D,8D,9D/hD2. The van der Waals surface area contributed by atoms with Gasteiger partial charge in [0, 0.05) is 36.0 Å². The van der Waals surface area contributed by atoms with Crippen LogP contribution in [0.25, 0.3) is 10.9 Å². The maximum atomic E-state index is 12.4. The predicted octanol–water partition coefficient (Wildman–Crippen LogP) is 1.32. The van der Waals surface area contributed by atoms with Gasteiger partial charge in [0.15, 0.2) is 1.41 Å². The molecule has 5 nitrogen and oxygen atoms in total. The summed E-state index contributed by atoms with van der Waals surface area (Å²) in [5.41, 5.74) is -1.34. The first-order chi connectivity index (χ1) is 15.5. The highest BCUT2D eigenvalue weighted by Gasteiger charge is 2.11. The SMILES string of the molecule is [2H]c1c(CS(=O)(=O)N([2H])C([2H])([2H])[2H])c([2H])c2c(CCN(C([2H])([2H])[2H])C([2H])([2H])[2H])c([2H])n([2H])c2c1[2H]. The van der Waals surface area contributed by atoms with E-state index in [0.717, 1.165) is 0 Å². The van der Waals surface area contributed by atoms with Gasteiger partial charge in [0.25, 0.3) is 0 Å². The summed E-state index contributed by atoms with van der Waals surface area (Å²) in [6.07, 6.45) is -1.13. The molecule has 1 heterocycles. The van der Waals surface area contributed by atoms with Crippen molar-refractivity contribution >= 4 is 20.9 Å². The van der Waals surface area contributed by atoms with Gasteiger partial charge in [-0.1, -0.05) is 6.04 Å². The zero-order valence-corrected chi connectivity index (χ0v) is 11.0. The second-order valence-electron chi connectivity index (χ2n) is 4.00. The molecule has 20 heavy (non-hydrogen) atoms. The highest BCUT2D eigenvalue weighted by molar-refractivity contribution is 7.88. The third-order valence-corrected chi connectivity index (χ3v) is 3.43. The van der Waals surface area contributed by atoms with Gasteiger partial charge in [-0.25, -0.2) is 13.1 Å². The van der Waals surface area contributed by atoms with E-state index in [2.05, 4.69) is 0 Å². The molecule has 0 unspecified atom stereocenters. The quantitative estimate of drug-likeness (QED) is 0.846. The molecule has 0 spiro atoms. The Balaban J connectivity index is 2.71. The van der Waals surface area contributed by atoms with Crippen molar-refractivity contribution in [3.8, 4) is 0 Å². The molecule has 0 saturated carbocycles. The van der Waals surface area contributed by atoms with E-state index in [-0.39, 0.29) is 15.8 Å². The Labute approximate surface area is 141 Å². The monoisotopic (exact) mass is 310 g/mol. The van der Waals surface area contributed by atoms with E-state index in [1.54, 1.807) is 0 Å². The van der Waals surface area contributed by atoms with Gasteiger partial charge in [-0.2, -0.15) is 0 Å². The molecule has 2 rings (SSSR count). The minimum Gasteiger partial charge on any atom is -0.361 e. The van der Waals surface area contributed by atoms with Crippen LogP contribution in [0.2, 0.25) is 2.82 Å². The van der Waals surface area contributed by atoms with Crippen molar-refractivity contribution < 1.29 is 29.1 Å². The average molecular weight is 310 g/mol. The highest BCUT2D eigenvalue weighted by atomic mass is 32.2. The molecule has 0 bridgehead atoms. The summed E-state index contributed by atoms with van der Waals surface area (Å²) in [6, 6.07) is -2.34. The van der Waals surface area contributed by atoms with Crippen LogP contribution in [0.15, 0.2) is 24.3 Å². The number of aromatic nitrogens is 1. The van der Waals surface area contributed by atoms with Gasteiger partial charge < -0.3 is 9.88 Å². The summed E-state index contributed by atoms with van der Waals surface area (Å²) in [4.78, 5) is 0.575. The molecule has 2 aromatic rings. The molecular formula is C14H21N3O2S. The number of nitrogens with one attached hydrogen (secondary N) is 2. The molecule has 0 atom stereocenters. The lowest BCUT2D eigenvalue weighted by molar-refractivity contribution is 0.414. The number of nitrogens with zero attached hydrogens (tertiary/aromatic N) is 1. The van der Waals surface area contributed by atoms with Crippen LogP contribution < -0.4 is 4.72 Å². The average Bonchev–Trinajstić information content (AvgIpc) is 2.91. The van der Waals surface area contributed by atoms with E-state index >= 15 is 0 Å². The van der Waals surface area contributed by atoms with Crippen LogP contribution in [0.4, 0.5) is 0 Å². The van der Waals surface area contributed by atoms with Crippen LogP contribution in [0.1, 0.15) is 28.9 Å². The molecule has 0 fully saturated rings. The van der Waals surface area contributed by atoms with Crippen molar-refractivity contribution in [3.63, 3.8) is 0 Å². The minimum atomic E-state index is -4.93. The number of hydrogen-bond donors (Lipinski definition) is 2. The number of likely N-dealkylation sites (N-methyl/N-ethyl adjacent to an activating group) is 1. The number of benzene rings is 1. The zero-order chi connectivity index (χ0) is 27.5. The van der Waals surface area contributed by atoms with E-state index in [4.69, 9.17) is 20.6 Å². The first-order valence-electron chi connectivity index (χ1n) is 12.8. The van der Waals surface area contributed by atoms with E-state index in [1.807, 2.05) is 0 Å². The normalized spacial score (nSPS) is 25.4. The molecule has 0 saturated heterocycles. The highest BCUT2D eigenvalue weighted by Crippen LogP contribution is 2.21. The van der Waals surface area contributed by atoms with Gasteiger partial charge in [-0.15, -0.1) is 0 Å². The van der Waals surface area contributed by atoms with Crippen LogP contribution in [0.3, 0.4) is 0 Å². The fourth-order valence-electron chi connectivity index (χ4n) is 1.61. The largest absolute Gasteiger partial charge is 0.361 e. The molecule has 1 aromatic heterocycles. The van der Waals surface area contributed by atoms with Crippen molar-refractivity contribution in [3.05, 3.63) is 35.4 Å². The molecule has 0 radical (unpaired) electrons. The lowest BCUT2D eigenvalue weighted by Gasteiger charge is -2.08. The van der Waals surface area contributed by atoms with E-state index in [1.165, 1.54) is 0 Å². The van der Waals surface area contributed by atoms with E-state index in [9.17, 15) is 8.42 Å². The Morgan fingerprint density at radius 3 is 3.15 bits per heavy atom. The predicted molar refractivity (Wildman–Crippen MR) is 82.2 cm³/mol. The van der Waals surface area contributed by atoms with Crippen LogP contribution in [0, 0.1) is 0 Å². The first kappa shape index (κ1) is 4.83. The summed E-state index contributed by atoms with van der Waals surface area (Å²) in [7, 11) is -4.93. The molecule has 0 aliphatic heterocycles. The number of sulfonamides is 1. The molecule has 0 amide bonds. The molecule has 0 aliphatic carbocycles. The molecule has 2 N–H and O–H groups in total. The summed E-state index contributed by atoms with van der Waals surface area (Å²) in [5.74, 6) is -1.32. The third kappa shape index (κ3) is 3.59. The summed E-state index contributed by atoms with van der Waals surface area (Å²) in [5, 5.41) is -0.349. The van der Waals surface area contributed by atoms with Crippen LogP contribution in [-0.4, -0.2) is 45.8 Å². The minimum absolute atomic E-state index is 0.191. The fourth-order valence-corrected chi connectivity index (χ4v) is 2.19. The first-order valence-corrected chi connectivity index (χ1v) is 7.06. The Morgan fingerprint density at radius 1 is 1.55 bits per heavy atom. The van der Waals surface area contributed by atoms with Gasteiger partial charge in [0.2, 0.25) is 10.0 Å². The Morgan fingerprint density at radius 2 is 2.40 bits per heavy atom. The molecule has 6 heteroatoms. The van der Waals surface area contributed by atoms with Gasteiger partial charge in [0.05, 0.1) is 11.2 Å². The number of aromatic amines is 1. The molecule has 0 aliphatic rings. The maximum Gasteiger partial charge on any atom is 0.215 e. The molecule has 1 aromatic carbocycles. The van der Waals surface area contributed by atoms with Gasteiger partial charge in [0.1, 0.15) is 1.41 Å². The zero-order valence-electron chi connectivity index (χ0n) is 25.2. The van der Waals surface area contributed by atoms with Crippen LogP contribution in [-0.2, 0) is 22.2 Å². The fraction of sp³-hybridized carbons (Fsp3) is 0.429. The van der Waals surface area contributed by atoms with Crippen molar-refractivity contribution in [2.24, 2.45) is 0 Å². The van der Waals surface area contributed by atoms with Gasteiger partial charge in [-0.05, 0) is 50.6 Å². The Bertz CT molecular complexity index is 1220. The number of rotatable bonds is 6. The summed E-state index contributed by atoms with van der Waals surface area (Å²) < 4.78 is 139. The van der Waals surface area contributed by atoms with Crippen molar-refractivity contribution in [2.75, 3.05) is 27.5 Å². The second kappa shape index (κ2) is 5.95. The number of hydrogen-bond acceptors (Lipinski definition) is 3.